The Balaban J connectivity index is 1.17. The first-order valence-electron chi connectivity index (χ1n) is 9.53. The van der Waals surface area contributed by atoms with Crippen LogP contribution >= 0.6 is 0 Å². The summed E-state index contributed by atoms with van der Waals surface area (Å²) in [7, 11) is 0. The van der Waals surface area contributed by atoms with Crippen LogP contribution < -0.4 is 0 Å². The van der Waals surface area contributed by atoms with E-state index in [1.807, 2.05) is 6.26 Å². The van der Waals surface area contributed by atoms with E-state index >= 15 is 0 Å². The fourth-order valence-corrected chi connectivity index (χ4v) is 4.37. The highest BCUT2D eigenvalue weighted by atomic mass is 16.6. The Bertz CT molecular complexity index is 491. The highest BCUT2D eigenvalue weighted by molar-refractivity contribution is 5.05. The Morgan fingerprint density at radius 2 is 1.96 bits per heavy atom. The first-order valence-corrected chi connectivity index (χ1v) is 9.53. The number of furan rings is 1. The number of piperidine rings is 1. The summed E-state index contributed by atoms with van der Waals surface area (Å²) in [4.78, 5) is 5.01. The van der Waals surface area contributed by atoms with Gasteiger partial charge in [0.25, 0.3) is 0 Å². The Morgan fingerprint density at radius 3 is 2.71 bits per heavy atom. The summed E-state index contributed by atoms with van der Waals surface area (Å²) in [5.74, 6) is 0. The van der Waals surface area contributed by atoms with Crippen molar-refractivity contribution >= 4 is 0 Å². The van der Waals surface area contributed by atoms with Gasteiger partial charge in [0.1, 0.15) is 0 Å². The van der Waals surface area contributed by atoms with Gasteiger partial charge in [-0.3, -0.25) is 4.90 Å². The smallest absolute Gasteiger partial charge is 0.0947 e. The molecule has 5 heteroatoms. The molecule has 0 aromatic carbocycles. The molecule has 3 aliphatic heterocycles. The van der Waals surface area contributed by atoms with Gasteiger partial charge in [-0.15, -0.1) is 0 Å². The quantitative estimate of drug-likeness (QED) is 0.799. The molecule has 0 aliphatic carbocycles. The zero-order valence-electron chi connectivity index (χ0n) is 14.6. The second-order valence-electron chi connectivity index (χ2n) is 7.65. The van der Waals surface area contributed by atoms with Crippen LogP contribution in [0.4, 0.5) is 0 Å². The molecule has 5 nitrogen and oxygen atoms in total. The van der Waals surface area contributed by atoms with Gasteiger partial charge in [-0.05, 0) is 44.8 Å². The van der Waals surface area contributed by atoms with E-state index in [1.54, 1.807) is 6.26 Å². The maximum atomic E-state index is 6.22. The lowest BCUT2D eigenvalue weighted by atomic mass is 9.88. The zero-order valence-corrected chi connectivity index (χ0v) is 14.6. The molecule has 1 aromatic heterocycles. The molecule has 0 saturated carbocycles. The van der Waals surface area contributed by atoms with E-state index in [1.165, 1.54) is 31.5 Å². The highest BCUT2D eigenvalue weighted by Crippen LogP contribution is 2.37. The largest absolute Gasteiger partial charge is 0.472 e. The fourth-order valence-electron chi connectivity index (χ4n) is 4.37. The van der Waals surface area contributed by atoms with E-state index in [0.717, 1.165) is 58.7 Å². The van der Waals surface area contributed by atoms with Crippen molar-refractivity contribution in [3.8, 4) is 0 Å². The minimum Gasteiger partial charge on any atom is -0.472 e. The molecule has 0 unspecified atom stereocenters. The number of likely N-dealkylation sites (tertiary alicyclic amines) is 2. The summed E-state index contributed by atoms with van der Waals surface area (Å²) in [5.41, 5.74) is 1.34. The Labute approximate surface area is 144 Å². The standard InChI is InChI=1S/C19H30N2O3/c1-2-7-20(6-1)10-12-23-18-13-19(24-16-18)4-8-21(9-5-19)14-17-3-11-22-15-17/h3,11,15,18H,1-2,4-10,12-14,16H2/t18-/m0/s1. The average molecular weight is 334 g/mol. The predicted molar refractivity (Wildman–Crippen MR) is 91.9 cm³/mol. The van der Waals surface area contributed by atoms with Gasteiger partial charge in [0.2, 0.25) is 0 Å². The van der Waals surface area contributed by atoms with E-state index in [4.69, 9.17) is 13.9 Å². The molecule has 134 valence electrons. The summed E-state index contributed by atoms with van der Waals surface area (Å²) in [6, 6.07) is 2.06. The monoisotopic (exact) mass is 334 g/mol. The maximum absolute atomic E-state index is 6.22. The first-order chi connectivity index (χ1) is 11.8. The fraction of sp³-hybridized carbons (Fsp3) is 0.789. The minimum absolute atomic E-state index is 0.0746. The van der Waals surface area contributed by atoms with Gasteiger partial charge >= 0.3 is 0 Å². The normalized spacial score (nSPS) is 28.1. The summed E-state index contributed by atoms with van der Waals surface area (Å²) in [6.07, 6.45) is 9.93. The number of hydrogen-bond donors (Lipinski definition) is 0. The van der Waals surface area contributed by atoms with Crippen LogP contribution in [0.1, 0.15) is 37.7 Å². The predicted octanol–water partition coefficient (Wildman–Crippen LogP) is 2.52. The second kappa shape index (κ2) is 7.56. The Kier molecular flexibility index (Phi) is 5.22. The van der Waals surface area contributed by atoms with Crippen molar-refractivity contribution in [2.75, 3.05) is 45.9 Å². The van der Waals surface area contributed by atoms with Crippen LogP contribution in [0.25, 0.3) is 0 Å². The van der Waals surface area contributed by atoms with Crippen LogP contribution in [-0.4, -0.2) is 67.4 Å². The van der Waals surface area contributed by atoms with Crippen molar-refractivity contribution in [2.24, 2.45) is 0 Å². The van der Waals surface area contributed by atoms with Crippen molar-refractivity contribution in [1.82, 2.24) is 9.80 Å². The topological polar surface area (TPSA) is 38.1 Å². The molecule has 3 fully saturated rings. The molecule has 4 rings (SSSR count). The third-order valence-corrected chi connectivity index (χ3v) is 5.89. The van der Waals surface area contributed by atoms with E-state index in [-0.39, 0.29) is 5.60 Å². The molecular formula is C19H30N2O3. The summed E-state index contributed by atoms with van der Waals surface area (Å²) in [5, 5.41) is 0. The van der Waals surface area contributed by atoms with Crippen molar-refractivity contribution < 1.29 is 13.9 Å². The second-order valence-corrected chi connectivity index (χ2v) is 7.65. The van der Waals surface area contributed by atoms with Crippen LogP contribution in [0.15, 0.2) is 23.0 Å². The third kappa shape index (κ3) is 4.02. The average Bonchev–Trinajstić information content (AvgIpc) is 3.34. The Hall–Kier alpha value is -0.880. The van der Waals surface area contributed by atoms with E-state index < -0.39 is 0 Å². The lowest BCUT2D eigenvalue weighted by molar-refractivity contribution is -0.0467. The van der Waals surface area contributed by atoms with Crippen molar-refractivity contribution in [1.29, 1.82) is 0 Å². The van der Waals surface area contributed by atoms with Gasteiger partial charge in [-0.25, -0.2) is 0 Å². The van der Waals surface area contributed by atoms with Crippen LogP contribution in [0.3, 0.4) is 0 Å². The first kappa shape index (κ1) is 16.6. The summed E-state index contributed by atoms with van der Waals surface area (Å²) < 4.78 is 17.5. The van der Waals surface area contributed by atoms with Gasteiger partial charge in [0.15, 0.2) is 0 Å². The molecule has 1 aromatic rings. The van der Waals surface area contributed by atoms with Gasteiger partial charge in [-0.1, -0.05) is 0 Å². The third-order valence-electron chi connectivity index (χ3n) is 5.89. The van der Waals surface area contributed by atoms with E-state index in [0.29, 0.717) is 6.10 Å². The van der Waals surface area contributed by atoms with Gasteiger partial charge in [-0.2, -0.15) is 0 Å². The number of ether oxygens (including phenoxy) is 2. The maximum Gasteiger partial charge on any atom is 0.0947 e. The highest BCUT2D eigenvalue weighted by Gasteiger charge is 2.43. The van der Waals surface area contributed by atoms with Crippen molar-refractivity contribution in [2.45, 2.75) is 50.4 Å². The molecule has 0 radical (unpaired) electrons. The molecule has 0 amide bonds. The van der Waals surface area contributed by atoms with Crippen molar-refractivity contribution in [3.05, 3.63) is 24.2 Å². The van der Waals surface area contributed by atoms with Crippen LogP contribution in [0.2, 0.25) is 0 Å². The lowest BCUT2D eigenvalue weighted by Crippen LogP contribution is -2.43. The van der Waals surface area contributed by atoms with Gasteiger partial charge < -0.3 is 18.8 Å². The molecule has 0 bridgehead atoms. The molecule has 3 saturated heterocycles. The van der Waals surface area contributed by atoms with E-state index in [2.05, 4.69) is 15.9 Å². The number of rotatable bonds is 6. The molecule has 1 atom stereocenters. The van der Waals surface area contributed by atoms with Crippen LogP contribution in [0.5, 0.6) is 0 Å². The molecule has 24 heavy (non-hydrogen) atoms. The van der Waals surface area contributed by atoms with Crippen molar-refractivity contribution in [3.63, 3.8) is 0 Å². The molecule has 1 spiro atoms. The zero-order chi connectivity index (χ0) is 16.2. The van der Waals surface area contributed by atoms with Gasteiger partial charge in [0.05, 0.1) is 37.4 Å². The Morgan fingerprint density at radius 1 is 1.12 bits per heavy atom. The SMILES string of the molecule is c1cc(CN2CCC3(CC2)C[C@H](OCCN2CCCC2)CO3)co1. The van der Waals surface area contributed by atoms with E-state index in [9.17, 15) is 0 Å². The van der Waals surface area contributed by atoms with Crippen LogP contribution in [0, 0.1) is 0 Å². The molecule has 0 N–H and O–H groups in total. The van der Waals surface area contributed by atoms with Crippen LogP contribution in [-0.2, 0) is 16.0 Å². The number of hydrogen-bond acceptors (Lipinski definition) is 5. The summed E-state index contributed by atoms with van der Waals surface area (Å²) >= 11 is 0. The summed E-state index contributed by atoms with van der Waals surface area (Å²) in [6.45, 7) is 8.42. The molecule has 3 aliphatic rings. The molecule has 4 heterocycles. The molecular weight excluding hydrogens is 304 g/mol. The lowest BCUT2D eigenvalue weighted by Gasteiger charge is -2.38. The number of nitrogens with zero attached hydrogens (tertiary/aromatic N) is 2. The minimum atomic E-state index is 0.0746. The van der Waals surface area contributed by atoms with Gasteiger partial charge in [0, 0.05) is 38.2 Å².